The van der Waals surface area contributed by atoms with Crippen LogP contribution in [0.2, 0.25) is 0 Å². The number of hydrogen-bond donors (Lipinski definition) is 0. The minimum absolute atomic E-state index is 0.351. The van der Waals surface area contributed by atoms with E-state index in [1.54, 1.807) is 28.6 Å². The lowest BCUT2D eigenvalue weighted by atomic mass is 10.2. The summed E-state index contributed by atoms with van der Waals surface area (Å²) in [4.78, 5) is 2.64. The van der Waals surface area contributed by atoms with E-state index in [0.29, 0.717) is 18.0 Å². The summed E-state index contributed by atoms with van der Waals surface area (Å²) in [5.74, 6) is 0. The van der Waals surface area contributed by atoms with E-state index in [1.807, 2.05) is 10.9 Å². The maximum atomic E-state index is 12.7. The second-order valence-electron chi connectivity index (χ2n) is 6.21. The first-order chi connectivity index (χ1) is 11.9. The van der Waals surface area contributed by atoms with Crippen LogP contribution in [-0.2, 0) is 23.1 Å². The van der Waals surface area contributed by atoms with Crippen LogP contribution in [0, 0.1) is 6.92 Å². The summed E-state index contributed by atoms with van der Waals surface area (Å²) in [6.45, 7) is 8.33. The summed E-state index contributed by atoms with van der Waals surface area (Å²) in [7, 11) is -3.41. The summed E-state index contributed by atoms with van der Waals surface area (Å²) in [6.07, 6.45) is 1.92. The zero-order valence-electron chi connectivity index (χ0n) is 14.5. The fourth-order valence-corrected chi connectivity index (χ4v) is 4.77. The van der Waals surface area contributed by atoms with E-state index in [9.17, 15) is 8.42 Å². The number of hydrogen-bond acceptors (Lipinski definition) is 4. The molecular weight excluding hydrogens is 404 g/mol. The van der Waals surface area contributed by atoms with Gasteiger partial charge in [0, 0.05) is 55.0 Å². The van der Waals surface area contributed by atoms with Gasteiger partial charge in [-0.25, -0.2) is 8.42 Å². The van der Waals surface area contributed by atoms with Crippen LogP contribution in [0.5, 0.6) is 0 Å². The fourth-order valence-electron chi connectivity index (χ4n) is 3.08. The van der Waals surface area contributed by atoms with Gasteiger partial charge in [-0.05, 0) is 38.1 Å². The molecule has 0 unspecified atom stereocenters. The molecule has 1 aliphatic heterocycles. The van der Waals surface area contributed by atoms with Gasteiger partial charge in [-0.2, -0.15) is 9.40 Å². The van der Waals surface area contributed by atoms with Gasteiger partial charge in [0.1, 0.15) is 0 Å². The number of piperazine rings is 1. The van der Waals surface area contributed by atoms with Gasteiger partial charge in [0.05, 0.1) is 11.1 Å². The quantitative estimate of drug-likeness (QED) is 0.736. The van der Waals surface area contributed by atoms with Crippen molar-refractivity contribution >= 4 is 26.0 Å². The van der Waals surface area contributed by atoms with E-state index >= 15 is 0 Å². The van der Waals surface area contributed by atoms with Gasteiger partial charge in [0.15, 0.2) is 0 Å². The van der Waals surface area contributed by atoms with Crippen LogP contribution in [0.15, 0.2) is 39.8 Å². The molecule has 0 amide bonds. The van der Waals surface area contributed by atoms with E-state index in [1.165, 1.54) is 11.3 Å². The normalized spacial score (nSPS) is 17.1. The van der Waals surface area contributed by atoms with Gasteiger partial charge in [-0.3, -0.25) is 9.58 Å². The highest BCUT2D eigenvalue weighted by Crippen LogP contribution is 2.21. The summed E-state index contributed by atoms with van der Waals surface area (Å²) < 4.78 is 29.9. The van der Waals surface area contributed by atoms with Crippen molar-refractivity contribution in [3.8, 4) is 0 Å². The van der Waals surface area contributed by atoms with Crippen LogP contribution in [0.25, 0.3) is 0 Å². The van der Waals surface area contributed by atoms with Crippen molar-refractivity contribution in [2.75, 3.05) is 26.2 Å². The molecule has 1 aromatic carbocycles. The van der Waals surface area contributed by atoms with Crippen molar-refractivity contribution in [3.63, 3.8) is 0 Å². The molecule has 1 saturated heterocycles. The molecule has 2 aromatic rings. The molecule has 136 valence electrons. The molecule has 0 saturated carbocycles. The minimum atomic E-state index is -3.41. The van der Waals surface area contributed by atoms with Gasteiger partial charge < -0.3 is 0 Å². The third kappa shape index (κ3) is 3.97. The number of aryl methyl sites for hydroxylation is 1. The molecule has 0 aliphatic carbocycles. The summed E-state index contributed by atoms with van der Waals surface area (Å²) in [6, 6.07) is 6.82. The Morgan fingerprint density at radius 2 is 1.76 bits per heavy atom. The number of aromatic nitrogens is 2. The number of nitrogens with zero attached hydrogens (tertiary/aromatic N) is 4. The highest BCUT2D eigenvalue weighted by Gasteiger charge is 2.28. The predicted molar refractivity (Wildman–Crippen MR) is 101 cm³/mol. The molecule has 0 radical (unpaired) electrons. The van der Waals surface area contributed by atoms with Crippen molar-refractivity contribution in [3.05, 3.63) is 46.2 Å². The van der Waals surface area contributed by atoms with Crippen LogP contribution < -0.4 is 0 Å². The van der Waals surface area contributed by atoms with Gasteiger partial charge >= 0.3 is 0 Å². The Morgan fingerprint density at radius 1 is 1.12 bits per heavy atom. The SMILES string of the molecule is CCn1ncc(CN2CCN(S(=O)(=O)c3ccc(Br)cc3)CC2)c1C. The number of halogens is 1. The molecule has 2 heterocycles. The lowest BCUT2D eigenvalue weighted by Gasteiger charge is -2.33. The number of rotatable bonds is 5. The van der Waals surface area contributed by atoms with Crippen LogP contribution in [0.4, 0.5) is 0 Å². The molecule has 1 fully saturated rings. The Balaban J connectivity index is 1.63. The third-order valence-corrected chi connectivity index (χ3v) is 7.12. The van der Waals surface area contributed by atoms with E-state index < -0.39 is 10.0 Å². The second-order valence-corrected chi connectivity index (χ2v) is 9.06. The van der Waals surface area contributed by atoms with Crippen LogP contribution in [0.1, 0.15) is 18.2 Å². The summed E-state index contributed by atoms with van der Waals surface area (Å²) in [5, 5.41) is 4.38. The first-order valence-electron chi connectivity index (χ1n) is 8.41. The highest BCUT2D eigenvalue weighted by molar-refractivity contribution is 9.10. The van der Waals surface area contributed by atoms with Crippen molar-refractivity contribution in [2.24, 2.45) is 0 Å². The highest BCUT2D eigenvalue weighted by atomic mass is 79.9. The summed E-state index contributed by atoms with van der Waals surface area (Å²) in [5.41, 5.74) is 2.40. The van der Waals surface area contributed by atoms with E-state index in [4.69, 9.17) is 0 Å². The monoisotopic (exact) mass is 426 g/mol. The van der Waals surface area contributed by atoms with Crippen molar-refractivity contribution in [1.82, 2.24) is 19.0 Å². The van der Waals surface area contributed by atoms with Gasteiger partial charge in [0.25, 0.3) is 0 Å². The Bertz CT molecular complexity index is 825. The van der Waals surface area contributed by atoms with E-state index in [0.717, 1.165) is 30.7 Å². The lowest BCUT2D eigenvalue weighted by molar-refractivity contribution is 0.181. The Kier molecular flexibility index (Phi) is 5.62. The molecule has 3 rings (SSSR count). The van der Waals surface area contributed by atoms with Crippen LogP contribution in [0.3, 0.4) is 0 Å². The zero-order valence-corrected chi connectivity index (χ0v) is 16.9. The second kappa shape index (κ2) is 7.57. The molecule has 0 spiro atoms. The maximum Gasteiger partial charge on any atom is 0.243 e. The van der Waals surface area contributed by atoms with Gasteiger partial charge in [-0.1, -0.05) is 15.9 Å². The summed E-state index contributed by atoms with van der Waals surface area (Å²) >= 11 is 3.34. The largest absolute Gasteiger partial charge is 0.296 e. The van der Waals surface area contributed by atoms with Gasteiger partial charge in [-0.15, -0.1) is 0 Å². The van der Waals surface area contributed by atoms with Crippen LogP contribution >= 0.6 is 15.9 Å². The molecule has 1 aliphatic rings. The first-order valence-corrected chi connectivity index (χ1v) is 10.6. The molecule has 6 nitrogen and oxygen atoms in total. The van der Waals surface area contributed by atoms with Crippen molar-refractivity contribution < 1.29 is 8.42 Å². The molecular formula is C17H23BrN4O2S. The molecule has 0 N–H and O–H groups in total. The predicted octanol–water partition coefficient (Wildman–Crippen LogP) is 2.48. The minimum Gasteiger partial charge on any atom is -0.296 e. The Labute approximate surface area is 157 Å². The molecule has 0 bridgehead atoms. The smallest absolute Gasteiger partial charge is 0.243 e. The van der Waals surface area contributed by atoms with Gasteiger partial charge in [0.2, 0.25) is 10.0 Å². The maximum absolute atomic E-state index is 12.7. The third-order valence-electron chi connectivity index (χ3n) is 4.68. The molecule has 8 heteroatoms. The lowest BCUT2D eigenvalue weighted by Crippen LogP contribution is -2.48. The van der Waals surface area contributed by atoms with Crippen LogP contribution in [-0.4, -0.2) is 53.6 Å². The Morgan fingerprint density at radius 3 is 2.32 bits per heavy atom. The zero-order chi connectivity index (χ0) is 18.0. The van der Waals surface area contributed by atoms with Crippen molar-refractivity contribution in [1.29, 1.82) is 0 Å². The Hall–Kier alpha value is -1.22. The van der Waals surface area contributed by atoms with E-state index in [2.05, 4.69) is 39.8 Å². The average Bonchev–Trinajstić information content (AvgIpc) is 2.96. The van der Waals surface area contributed by atoms with Crippen molar-refractivity contribution in [2.45, 2.75) is 31.8 Å². The molecule has 25 heavy (non-hydrogen) atoms. The topological polar surface area (TPSA) is 58.4 Å². The van der Waals surface area contributed by atoms with E-state index in [-0.39, 0.29) is 0 Å². The average molecular weight is 427 g/mol. The number of benzene rings is 1. The molecule has 1 aromatic heterocycles. The number of sulfonamides is 1. The standard InChI is InChI=1S/C17H23BrN4O2S/c1-3-22-14(2)15(12-19-22)13-20-8-10-21(11-9-20)25(23,24)17-6-4-16(18)5-7-17/h4-7,12H,3,8-11,13H2,1-2H3. The first kappa shape index (κ1) is 18.6. The fraction of sp³-hybridized carbons (Fsp3) is 0.471. The molecule has 0 atom stereocenters.